The van der Waals surface area contributed by atoms with Gasteiger partial charge in [0.1, 0.15) is 21.9 Å². The highest BCUT2D eigenvalue weighted by Crippen LogP contribution is 2.38. The molecule has 1 heterocycles. The summed E-state index contributed by atoms with van der Waals surface area (Å²) in [7, 11) is 0. The van der Waals surface area contributed by atoms with Crippen molar-refractivity contribution >= 4 is 34.8 Å². The molecule has 1 unspecified atom stereocenters. The number of nitrogens with zero attached hydrogens (tertiary/aromatic N) is 2. The molecule has 0 aliphatic rings. The zero-order valence-corrected chi connectivity index (χ0v) is 18.0. The van der Waals surface area contributed by atoms with Crippen LogP contribution in [0.1, 0.15) is 19.4 Å². The van der Waals surface area contributed by atoms with Crippen molar-refractivity contribution in [1.82, 2.24) is 4.57 Å². The third kappa shape index (κ3) is 5.09. The maximum absolute atomic E-state index is 13.0. The fraction of sp³-hybridized carbons (Fsp3) is 0.286. The number of aromatic nitrogens is 1. The highest BCUT2D eigenvalue weighted by Gasteiger charge is 2.51. The molecule has 7 nitrogen and oxygen atoms in total. The molecule has 0 spiro atoms. The van der Waals surface area contributed by atoms with E-state index in [-0.39, 0.29) is 33.5 Å². The fourth-order valence-electron chi connectivity index (χ4n) is 2.58. The summed E-state index contributed by atoms with van der Waals surface area (Å²) < 4.78 is 45.3. The van der Waals surface area contributed by atoms with Crippen LogP contribution in [0, 0.1) is 11.3 Å². The van der Waals surface area contributed by atoms with Crippen LogP contribution in [0.2, 0.25) is 0 Å². The first-order chi connectivity index (χ1) is 15.0. The first-order valence-corrected chi connectivity index (χ1v) is 10.1. The highest BCUT2D eigenvalue weighted by atomic mass is 32.1. The van der Waals surface area contributed by atoms with E-state index < -0.39 is 23.3 Å². The number of alkyl halides is 3. The molecular weight excluding hydrogens is 447 g/mol. The lowest BCUT2D eigenvalue weighted by Gasteiger charge is -2.26. The highest BCUT2D eigenvalue weighted by molar-refractivity contribution is 7.07. The van der Waals surface area contributed by atoms with E-state index >= 15 is 0 Å². The number of nitrogens with one attached hydrogen (secondary N) is 1. The maximum atomic E-state index is 13.0. The third-order valence-electron chi connectivity index (χ3n) is 4.45. The van der Waals surface area contributed by atoms with Crippen LogP contribution in [0.25, 0.3) is 11.8 Å². The Labute approximate surface area is 185 Å². The molecule has 2 N–H and O–H groups in total. The summed E-state index contributed by atoms with van der Waals surface area (Å²) in [5.41, 5.74) is -3.76. The second kappa shape index (κ2) is 9.84. The number of esters is 1. The second-order valence-corrected chi connectivity index (χ2v) is 7.66. The number of rotatable bonds is 7. The van der Waals surface area contributed by atoms with Crippen molar-refractivity contribution in [2.24, 2.45) is 0 Å². The van der Waals surface area contributed by atoms with Gasteiger partial charge in [0, 0.05) is 18.4 Å². The number of nitriles is 1. The van der Waals surface area contributed by atoms with Crippen LogP contribution in [-0.2, 0) is 21.7 Å². The number of carbonyl (C=O) groups excluding carboxylic acids is 1. The van der Waals surface area contributed by atoms with Gasteiger partial charge in [0.05, 0.1) is 0 Å². The monoisotopic (exact) mass is 467 g/mol. The Bertz CT molecular complexity index is 1220. The summed E-state index contributed by atoms with van der Waals surface area (Å²) in [6.07, 6.45) is -2.17. The van der Waals surface area contributed by atoms with Gasteiger partial charge in [-0.2, -0.15) is 18.4 Å². The lowest BCUT2D eigenvalue weighted by Crippen LogP contribution is -2.39. The van der Waals surface area contributed by atoms with Gasteiger partial charge < -0.3 is 15.2 Å². The number of carbonyl (C=O) groups is 1. The quantitative estimate of drug-likeness (QED) is 0.477. The predicted molar refractivity (Wildman–Crippen MR) is 114 cm³/mol. The first kappa shape index (κ1) is 24.9. The van der Waals surface area contributed by atoms with Gasteiger partial charge in [-0.25, -0.2) is 4.79 Å². The Hall–Kier alpha value is -3.36. The van der Waals surface area contributed by atoms with Crippen LogP contribution in [0.3, 0.4) is 0 Å². The Morgan fingerprint density at radius 3 is 2.50 bits per heavy atom. The van der Waals surface area contributed by atoms with E-state index in [2.05, 4.69) is 11.9 Å². The van der Waals surface area contributed by atoms with Crippen LogP contribution in [-0.4, -0.2) is 28.4 Å². The number of aliphatic hydroxyl groups is 1. The van der Waals surface area contributed by atoms with Crippen molar-refractivity contribution in [1.29, 1.82) is 5.26 Å². The lowest BCUT2D eigenvalue weighted by molar-refractivity contribution is -0.258. The molecule has 32 heavy (non-hydrogen) atoms. The van der Waals surface area contributed by atoms with Gasteiger partial charge in [-0.1, -0.05) is 24.8 Å². The van der Waals surface area contributed by atoms with Crippen molar-refractivity contribution in [3.8, 4) is 6.07 Å². The molecule has 0 bridgehead atoms. The summed E-state index contributed by atoms with van der Waals surface area (Å²) >= 11 is 0.893. The molecular formula is C21H20F3N3O4S. The number of benzene rings is 1. The average molecular weight is 467 g/mol. The van der Waals surface area contributed by atoms with Gasteiger partial charge >= 0.3 is 12.1 Å². The standard InChI is InChI=1S/C21H20F3N3O4S/c1-4-10-31-19(29)15(11-25)18-27(5-2)17(28)16(32-18)12-26-14-8-6-13(7-9-14)20(3,30)21(22,23)24/h4,6-9,12,26,30H,1,5,10H2,2-3H3. The summed E-state index contributed by atoms with van der Waals surface area (Å²) in [6, 6.07) is 6.63. The minimum absolute atomic E-state index is 0.0937. The number of anilines is 1. The molecule has 0 radical (unpaired) electrons. The Kier molecular flexibility index (Phi) is 7.66. The molecule has 0 fully saturated rings. The number of ether oxygens (including phenoxy) is 1. The number of halogens is 3. The van der Waals surface area contributed by atoms with E-state index in [4.69, 9.17) is 4.74 Å². The van der Waals surface area contributed by atoms with Gasteiger partial charge in [0.2, 0.25) is 0 Å². The van der Waals surface area contributed by atoms with Gasteiger partial charge in [0.15, 0.2) is 11.2 Å². The normalized spacial score (nSPS) is 14.8. The van der Waals surface area contributed by atoms with E-state index in [0.717, 1.165) is 23.5 Å². The van der Waals surface area contributed by atoms with Crippen LogP contribution >= 0.6 is 11.3 Å². The largest absolute Gasteiger partial charge is 0.457 e. The molecule has 1 aromatic carbocycles. The van der Waals surface area contributed by atoms with Crippen LogP contribution in [0.5, 0.6) is 0 Å². The van der Waals surface area contributed by atoms with Crippen LogP contribution in [0.4, 0.5) is 18.9 Å². The molecule has 0 amide bonds. The fourth-order valence-corrected chi connectivity index (χ4v) is 3.66. The van der Waals surface area contributed by atoms with Crippen molar-refractivity contribution < 1.29 is 27.8 Å². The minimum Gasteiger partial charge on any atom is -0.457 e. The number of hydrogen-bond donors (Lipinski definition) is 2. The zero-order chi connectivity index (χ0) is 24.1. The third-order valence-corrected chi connectivity index (χ3v) is 5.59. The van der Waals surface area contributed by atoms with E-state index in [1.807, 2.05) is 0 Å². The molecule has 11 heteroatoms. The average Bonchev–Trinajstić information content (AvgIpc) is 3.05. The van der Waals surface area contributed by atoms with E-state index in [1.165, 1.54) is 29.0 Å². The molecule has 0 saturated carbocycles. The molecule has 2 aromatic rings. The zero-order valence-electron chi connectivity index (χ0n) is 17.2. The van der Waals surface area contributed by atoms with Crippen molar-refractivity contribution in [2.75, 3.05) is 11.9 Å². The topological polar surface area (TPSA) is 104 Å². The van der Waals surface area contributed by atoms with E-state index in [9.17, 15) is 33.1 Å². The van der Waals surface area contributed by atoms with Gasteiger partial charge in [-0.3, -0.25) is 9.36 Å². The molecule has 0 aliphatic carbocycles. The first-order valence-electron chi connectivity index (χ1n) is 9.26. The Balaban J connectivity index is 2.44. The molecule has 1 aromatic heterocycles. The summed E-state index contributed by atoms with van der Waals surface area (Å²) in [5, 5.41) is 21.9. The van der Waals surface area contributed by atoms with Crippen molar-refractivity contribution in [3.05, 3.63) is 62.0 Å². The van der Waals surface area contributed by atoms with Crippen molar-refractivity contribution in [2.45, 2.75) is 32.2 Å². The van der Waals surface area contributed by atoms with Gasteiger partial charge in [-0.05, 0) is 31.5 Å². The van der Waals surface area contributed by atoms with Gasteiger partial charge in [0.25, 0.3) is 5.56 Å². The maximum Gasteiger partial charge on any atom is 0.421 e. The van der Waals surface area contributed by atoms with E-state index in [1.54, 1.807) is 13.0 Å². The molecule has 2 rings (SSSR count). The molecule has 0 aliphatic heterocycles. The van der Waals surface area contributed by atoms with Crippen LogP contribution in [0.15, 0.2) is 41.7 Å². The van der Waals surface area contributed by atoms with Crippen molar-refractivity contribution in [3.63, 3.8) is 0 Å². The SMILES string of the molecule is C=CCOC(=O)C(C#N)=c1sc(=CNc2ccc(C(C)(O)C(F)(F)F)cc2)c(=O)n1CC. The summed E-state index contributed by atoms with van der Waals surface area (Å²) in [4.78, 5) is 24.8. The van der Waals surface area contributed by atoms with Crippen LogP contribution < -0.4 is 20.1 Å². The lowest BCUT2D eigenvalue weighted by atomic mass is 9.95. The minimum atomic E-state index is -4.84. The smallest absolute Gasteiger partial charge is 0.421 e. The second-order valence-electron chi connectivity index (χ2n) is 6.63. The number of hydrogen-bond acceptors (Lipinski definition) is 7. The molecule has 170 valence electrons. The summed E-state index contributed by atoms with van der Waals surface area (Å²) in [6.45, 7) is 5.85. The van der Waals surface area contributed by atoms with E-state index in [0.29, 0.717) is 12.6 Å². The van der Waals surface area contributed by atoms with Gasteiger partial charge in [-0.15, -0.1) is 11.3 Å². The molecule has 0 saturated heterocycles. The predicted octanol–water partition coefficient (Wildman–Crippen LogP) is 1.95. The summed E-state index contributed by atoms with van der Waals surface area (Å²) in [5.74, 6) is -0.886. The Morgan fingerprint density at radius 1 is 1.38 bits per heavy atom. The number of thiazole rings is 1. The molecule has 1 atom stereocenters. The Morgan fingerprint density at radius 2 is 2.00 bits per heavy atom.